The molecule has 1 atom stereocenters. The first-order chi connectivity index (χ1) is 5.66. The topological polar surface area (TPSA) is 51.8 Å². The molecule has 12 heavy (non-hydrogen) atoms. The zero-order valence-corrected chi connectivity index (χ0v) is 7.83. The van der Waals surface area contributed by atoms with E-state index in [1.54, 1.807) is 6.33 Å². The highest BCUT2D eigenvalue weighted by atomic mass is 14.8. The molecule has 1 rings (SSSR count). The van der Waals surface area contributed by atoms with Crippen LogP contribution in [0.25, 0.3) is 0 Å². The van der Waals surface area contributed by atoms with Crippen LogP contribution >= 0.6 is 0 Å². The summed E-state index contributed by atoms with van der Waals surface area (Å²) in [6.07, 6.45) is 1.59. The highest BCUT2D eigenvalue weighted by Crippen LogP contribution is 2.18. The van der Waals surface area contributed by atoms with Crippen LogP contribution in [0.4, 0.5) is 0 Å². The molecule has 0 aliphatic rings. The summed E-state index contributed by atoms with van der Waals surface area (Å²) < 4.78 is 0. The molecular formula is C9H15N3. The lowest BCUT2D eigenvalue weighted by molar-refractivity contribution is 0.742. The molecule has 66 valence electrons. The standard InChI is InChI=1S/C9H15N3/c1-6(4-10)9-7(2)11-5-12-8(9)3/h5-6H,4,10H2,1-3H3. The van der Waals surface area contributed by atoms with Crippen molar-refractivity contribution >= 4 is 0 Å². The van der Waals surface area contributed by atoms with Gasteiger partial charge in [0, 0.05) is 11.4 Å². The van der Waals surface area contributed by atoms with Crippen LogP contribution < -0.4 is 5.73 Å². The molecule has 1 unspecified atom stereocenters. The molecule has 0 aromatic carbocycles. The van der Waals surface area contributed by atoms with Crippen LogP contribution in [0.3, 0.4) is 0 Å². The third-order valence-electron chi connectivity index (χ3n) is 2.13. The third kappa shape index (κ3) is 1.61. The highest BCUT2D eigenvalue weighted by molar-refractivity contribution is 5.26. The Balaban J connectivity index is 3.12. The van der Waals surface area contributed by atoms with Gasteiger partial charge in [0.1, 0.15) is 6.33 Å². The van der Waals surface area contributed by atoms with Gasteiger partial charge in [0.25, 0.3) is 0 Å². The molecule has 0 radical (unpaired) electrons. The summed E-state index contributed by atoms with van der Waals surface area (Å²) in [6, 6.07) is 0. The fourth-order valence-corrected chi connectivity index (χ4v) is 1.43. The van der Waals surface area contributed by atoms with Crippen LogP contribution in [-0.2, 0) is 0 Å². The van der Waals surface area contributed by atoms with Crippen LogP contribution in [0.15, 0.2) is 6.33 Å². The fraction of sp³-hybridized carbons (Fsp3) is 0.556. The first-order valence-electron chi connectivity index (χ1n) is 4.15. The summed E-state index contributed by atoms with van der Waals surface area (Å²) in [4.78, 5) is 8.28. The van der Waals surface area contributed by atoms with Gasteiger partial charge in [-0.25, -0.2) is 9.97 Å². The Morgan fingerprint density at radius 1 is 1.33 bits per heavy atom. The van der Waals surface area contributed by atoms with Gasteiger partial charge >= 0.3 is 0 Å². The van der Waals surface area contributed by atoms with Crippen molar-refractivity contribution in [1.82, 2.24) is 9.97 Å². The van der Waals surface area contributed by atoms with Crippen molar-refractivity contribution in [2.75, 3.05) is 6.54 Å². The molecule has 0 aliphatic carbocycles. The van der Waals surface area contributed by atoms with Crippen LogP contribution in [0, 0.1) is 13.8 Å². The van der Waals surface area contributed by atoms with E-state index < -0.39 is 0 Å². The molecule has 1 aromatic heterocycles. The lowest BCUT2D eigenvalue weighted by Crippen LogP contribution is -2.13. The monoisotopic (exact) mass is 165 g/mol. The van der Waals surface area contributed by atoms with Gasteiger partial charge in [0.15, 0.2) is 0 Å². The molecule has 0 bridgehead atoms. The average molecular weight is 165 g/mol. The van der Waals surface area contributed by atoms with E-state index in [4.69, 9.17) is 5.73 Å². The minimum absolute atomic E-state index is 0.353. The maximum atomic E-state index is 5.59. The van der Waals surface area contributed by atoms with E-state index >= 15 is 0 Å². The van der Waals surface area contributed by atoms with E-state index in [9.17, 15) is 0 Å². The van der Waals surface area contributed by atoms with Crippen molar-refractivity contribution in [3.8, 4) is 0 Å². The predicted molar refractivity (Wildman–Crippen MR) is 49.0 cm³/mol. The zero-order chi connectivity index (χ0) is 9.14. The molecule has 0 aliphatic heterocycles. The summed E-state index contributed by atoms with van der Waals surface area (Å²) in [5.74, 6) is 0.353. The normalized spacial score (nSPS) is 13.0. The molecule has 0 fully saturated rings. The third-order valence-corrected chi connectivity index (χ3v) is 2.13. The second kappa shape index (κ2) is 3.63. The number of nitrogens with zero attached hydrogens (tertiary/aromatic N) is 2. The van der Waals surface area contributed by atoms with Gasteiger partial charge in [-0.2, -0.15) is 0 Å². The van der Waals surface area contributed by atoms with Crippen molar-refractivity contribution in [2.45, 2.75) is 26.7 Å². The van der Waals surface area contributed by atoms with Crippen LogP contribution in [0.5, 0.6) is 0 Å². The van der Waals surface area contributed by atoms with Gasteiger partial charge in [0.2, 0.25) is 0 Å². The van der Waals surface area contributed by atoms with E-state index in [0.717, 1.165) is 11.4 Å². The fourth-order valence-electron chi connectivity index (χ4n) is 1.43. The number of nitrogens with two attached hydrogens (primary N) is 1. The Hall–Kier alpha value is -0.960. The molecule has 0 amide bonds. The number of hydrogen-bond acceptors (Lipinski definition) is 3. The Kier molecular flexibility index (Phi) is 2.76. The number of aryl methyl sites for hydroxylation is 2. The summed E-state index contributed by atoms with van der Waals surface area (Å²) in [6.45, 7) is 6.74. The largest absolute Gasteiger partial charge is 0.330 e. The van der Waals surface area contributed by atoms with E-state index in [2.05, 4.69) is 16.9 Å². The lowest BCUT2D eigenvalue weighted by Gasteiger charge is -2.13. The Labute approximate surface area is 73.0 Å². The van der Waals surface area contributed by atoms with E-state index in [0.29, 0.717) is 12.5 Å². The molecule has 0 saturated heterocycles. The molecule has 3 heteroatoms. The van der Waals surface area contributed by atoms with Crippen molar-refractivity contribution in [3.05, 3.63) is 23.3 Å². The summed E-state index contributed by atoms with van der Waals surface area (Å²) in [5.41, 5.74) is 8.86. The lowest BCUT2D eigenvalue weighted by atomic mass is 9.99. The van der Waals surface area contributed by atoms with Gasteiger partial charge < -0.3 is 5.73 Å². The van der Waals surface area contributed by atoms with Gasteiger partial charge in [-0.3, -0.25) is 0 Å². The maximum absolute atomic E-state index is 5.59. The number of rotatable bonds is 2. The van der Waals surface area contributed by atoms with Gasteiger partial charge in [-0.15, -0.1) is 0 Å². The number of aromatic nitrogens is 2. The van der Waals surface area contributed by atoms with Crippen molar-refractivity contribution < 1.29 is 0 Å². The Morgan fingerprint density at radius 2 is 1.83 bits per heavy atom. The minimum Gasteiger partial charge on any atom is -0.330 e. The van der Waals surface area contributed by atoms with E-state index in [1.165, 1.54) is 5.56 Å². The maximum Gasteiger partial charge on any atom is 0.115 e. The first kappa shape index (κ1) is 9.13. The molecule has 1 aromatic rings. The summed E-state index contributed by atoms with van der Waals surface area (Å²) in [7, 11) is 0. The predicted octanol–water partition coefficient (Wildman–Crippen LogP) is 1.16. The minimum atomic E-state index is 0.353. The average Bonchev–Trinajstić information content (AvgIpc) is 2.03. The molecule has 0 spiro atoms. The summed E-state index contributed by atoms with van der Waals surface area (Å²) >= 11 is 0. The zero-order valence-electron chi connectivity index (χ0n) is 7.83. The first-order valence-corrected chi connectivity index (χ1v) is 4.15. The van der Waals surface area contributed by atoms with Gasteiger partial charge in [-0.1, -0.05) is 6.92 Å². The Morgan fingerprint density at radius 3 is 2.25 bits per heavy atom. The smallest absolute Gasteiger partial charge is 0.115 e. The van der Waals surface area contributed by atoms with Crippen LogP contribution in [0.2, 0.25) is 0 Å². The van der Waals surface area contributed by atoms with Gasteiger partial charge in [-0.05, 0) is 31.9 Å². The molecule has 0 saturated carbocycles. The van der Waals surface area contributed by atoms with E-state index in [1.807, 2.05) is 13.8 Å². The number of hydrogen-bond donors (Lipinski definition) is 1. The highest BCUT2D eigenvalue weighted by Gasteiger charge is 2.10. The van der Waals surface area contributed by atoms with Crippen LogP contribution in [0.1, 0.15) is 29.8 Å². The van der Waals surface area contributed by atoms with Crippen LogP contribution in [-0.4, -0.2) is 16.5 Å². The Bertz CT molecular complexity index is 250. The van der Waals surface area contributed by atoms with Crippen molar-refractivity contribution in [1.29, 1.82) is 0 Å². The molecule has 2 N–H and O–H groups in total. The van der Waals surface area contributed by atoms with E-state index in [-0.39, 0.29) is 0 Å². The quantitative estimate of drug-likeness (QED) is 0.715. The van der Waals surface area contributed by atoms with Crippen molar-refractivity contribution in [3.63, 3.8) is 0 Å². The molecular weight excluding hydrogens is 150 g/mol. The molecule has 1 heterocycles. The van der Waals surface area contributed by atoms with Gasteiger partial charge in [0.05, 0.1) is 0 Å². The summed E-state index contributed by atoms with van der Waals surface area (Å²) in [5, 5.41) is 0. The van der Waals surface area contributed by atoms with Crippen molar-refractivity contribution in [2.24, 2.45) is 5.73 Å². The second-order valence-electron chi connectivity index (χ2n) is 3.09. The SMILES string of the molecule is Cc1ncnc(C)c1C(C)CN. The molecule has 3 nitrogen and oxygen atoms in total. The second-order valence-corrected chi connectivity index (χ2v) is 3.09.